The van der Waals surface area contributed by atoms with Crippen molar-refractivity contribution in [3.05, 3.63) is 71.9 Å². The zero-order valence-corrected chi connectivity index (χ0v) is 14.6. The Labute approximate surface area is 151 Å². The highest BCUT2D eigenvalue weighted by Crippen LogP contribution is 2.35. The molecule has 0 amide bonds. The topological polar surface area (TPSA) is 17.4 Å². The summed E-state index contributed by atoms with van der Waals surface area (Å²) >= 11 is 0. The van der Waals surface area contributed by atoms with Crippen molar-refractivity contribution in [1.82, 2.24) is 4.57 Å². The van der Waals surface area contributed by atoms with Gasteiger partial charge in [-0.05, 0) is 55.0 Å². The third kappa shape index (κ3) is 2.99. The molecule has 0 aliphatic carbocycles. The molecule has 1 aliphatic heterocycles. The summed E-state index contributed by atoms with van der Waals surface area (Å²) in [5.74, 6) is -0.578. The Bertz CT molecular complexity index is 912. The second kappa shape index (κ2) is 6.92. The molecule has 0 unspecified atom stereocenters. The number of para-hydroxylation sites is 1. The predicted molar refractivity (Wildman–Crippen MR) is 98.9 cm³/mol. The van der Waals surface area contributed by atoms with Gasteiger partial charge in [0.1, 0.15) is 11.6 Å². The summed E-state index contributed by atoms with van der Waals surface area (Å²) in [6.07, 6.45) is 0. The first-order chi connectivity index (χ1) is 12.6. The largest absolute Gasteiger partial charge is 0.378 e. The first-order valence-electron chi connectivity index (χ1n) is 8.71. The minimum atomic E-state index is -0.289. The van der Waals surface area contributed by atoms with Gasteiger partial charge in [0.05, 0.1) is 30.3 Å². The summed E-state index contributed by atoms with van der Waals surface area (Å²) in [5, 5.41) is 0. The zero-order valence-electron chi connectivity index (χ0n) is 14.6. The molecule has 4 rings (SSSR count). The van der Waals surface area contributed by atoms with Crippen LogP contribution in [-0.4, -0.2) is 30.9 Å². The van der Waals surface area contributed by atoms with Crippen LogP contribution in [0, 0.1) is 18.6 Å². The van der Waals surface area contributed by atoms with Gasteiger partial charge in [0.2, 0.25) is 0 Å². The highest BCUT2D eigenvalue weighted by atomic mass is 19.1. The smallest absolute Gasteiger partial charge is 0.147 e. The molecule has 0 radical (unpaired) electrons. The van der Waals surface area contributed by atoms with Crippen LogP contribution in [0.4, 0.5) is 14.5 Å². The molecule has 5 heteroatoms. The van der Waals surface area contributed by atoms with Gasteiger partial charge in [0.25, 0.3) is 0 Å². The number of benzene rings is 2. The van der Waals surface area contributed by atoms with Crippen molar-refractivity contribution in [2.45, 2.75) is 6.92 Å². The quantitative estimate of drug-likeness (QED) is 0.686. The van der Waals surface area contributed by atoms with Gasteiger partial charge in [-0.2, -0.15) is 0 Å². The first kappa shape index (κ1) is 16.8. The predicted octanol–water partition coefficient (Wildman–Crippen LogP) is 4.57. The lowest BCUT2D eigenvalue weighted by atomic mass is 10.1. The van der Waals surface area contributed by atoms with Crippen molar-refractivity contribution in [3.63, 3.8) is 0 Å². The molecule has 0 N–H and O–H groups in total. The number of hydrogen-bond donors (Lipinski definition) is 0. The van der Waals surface area contributed by atoms with E-state index in [9.17, 15) is 8.78 Å². The Hall–Kier alpha value is -2.66. The highest BCUT2D eigenvalue weighted by Gasteiger charge is 2.22. The lowest BCUT2D eigenvalue weighted by Gasteiger charge is -2.28. The van der Waals surface area contributed by atoms with Gasteiger partial charge < -0.3 is 14.2 Å². The third-order valence-electron chi connectivity index (χ3n) is 4.81. The van der Waals surface area contributed by atoms with Gasteiger partial charge in [-0.25, -0.2) is 8.78 Å². The standard InChI is InChI=1S/C21H20F2N2O/c1-15-20(24-10-12-26-13-11-24)14-21(16-6-8-17(22)9-7-16)25(15)19-5-3-2-4-18(19)23/h2-9,14H,10-13H2,1H3. The molecule has 2 heterocycles. The fourth-order valence-corrected chi connectivity index (χ4v) is 3.49. The lowest BCUT2D eigenvalue weighted by Crippen LogP contribution is -2.36. The molecule has 134 valence electrons. The van der Waals surface area contributed by atoms with E-state index in [1.54, 1.807) is 24.3 Å². The maximum absolute atomic E-state index is 14.6. The summed E-state index contributed by atoms with van der Waals surface area (Å²) in [7, 11) is 0. The van der Waals surface area contributed by atoms with Crippen LogP contribution in [0.5, 0.6) is 0 Å². The van der Waals surface area contributed by atoms with Crippen molar-refractivity contribution < 1.29 is 13.5 Å². The van der Waals surface area contributed by atoms with Crippen LogP contribution in [0.25, 0.3) is 16.9 Å². The SMILES string of the molecule is Cc1c(N2CCOCC2)cc(-c2ccc(F)cc2)n1-c1ccccc1F. The van der Waals surface area contributed by atoms with E-state index >= 15 is 0 Å². The maximum atomic E-state index is 14.6. The fourth-order valence-electron chi connectivity index (χ4n) is 3.49. The van der Waals surface area contributed by atoms with Gasteiger partial charge in [0.15, 0.2) is 0 Å². The van der Waals surface area contributed by atoms with E-state index in [-0.39, 0.29) is 11.6 Å². The van der Waals surface area contributed by atoms with E-state index in [1.807, 2.05) is 17.6 Å². The maximum Gasteiger partial charge on any atom is 0.147 e. The number of rotatable bonds is 3. The van der Waals surface area contributed by atoms with Gasteiger partial charge >= 0.3 is 0 Å². The van der Waals surface area contributed by atoms with E-state index in [0.29, 0.717) is 18.9 Å². The second-order valence-corrected chi connectivity index (χ2v) is 6.39. The summed E-state index contributed by atoms with van der Waals surface area (Å²) in [6, 6.07) is 15.1. The van der Waals surface area contributed by atoms with E-state index in [2.05, 4.69) is 11.0 Å². The van der Waals surface area contributed by atoms with Gasteiger partial charge in [0, 0.05) is 18.8 Å². The van der Waals surface area contributed by atoms with Gasteiger partial charge in [-0.15, -0.1) is 0 Å². The minimum Gasteiger partial charge on any atom is -0.378 e. The molecule has 1 aromatic heterocycles. The molecule has 1 aliphatic rings. The van der Waals surface area contributed by atoms with Crippen molar-refractivity contribution in [1.29, 1.82) is 0 Å². The molecule has 0 spiro atoms. The number of anilines is 1. The number of nitrogens with zero attached hydrogens (tertiary/aromatic N) is 2. The average molecular weight is 354 g/mol. The van der Waals surface area contributed by atoms with Gasteiger partial charge in [-0.3, -0.25) is 0 Å². The highest BCUT2D eigenvalue weighted by molar-refractivity contribution is 5.72. The minimum absolute atomic E-state index is 0.289. The second-order valence-electron chi connectivity index (χ2n) is 6.39. The van der Waals surface area contributed by atoms with Crippen LogP contribution < -0.4 is 4.90 Å². The van der Waals surface area contributed by atoms with Crippen LogP contribution in [0.15, 0.2) is 54.6 Å². The summed E-state index contributed by atoms with van der Waals surface area (Å²) in [4.78, 5) is 2.25. The number of aromatic nitrogens is 1. The number of halogens is 2. The average Bonchev–Trinajstić information content (AvgIpc) is 3.01. The molecule has 1 saturated heterocycles. The van der Waals surface area contributed by atoms with Crippen LogP contribution >= 0.6 is 0 Å². The van der Waals surface area contributed by atoms with E-state index < -0.39 is 0 Å². The van der Waals surface area contributed by atoms with E-state index in [0.717, 1.165) is 35.7 Å². The number of ether oxygens (including phenoxy) is 1. The molecule has 3 nitrogen and oxygen atoms in total. The molecule has 0 bridgehead atoms. The van der Waals surface area contributed by atoms with Crippen LogP contribution in [0.3, 0.4) is 0 Å². The third-order valence-corrected chi connectivity index (χ3v) is 4.81. The lowest BCUT2D eigenvalue weighted by molar-refractivity contribution is 0.122. The Morgan fingerprint density at radius 1 is 0.885 bits per heavy atom. The summed E-state index contributed by atoms with van der Waals surface area (Å²) in [6.45, 7) is 4.94. The molecule has 26 heavy (non-hydrogen) atoms. The van der Waals surface area contributed by atoms with Crippen LogP contribution in [0.2, 0.25) is 0 Å². The first-order valence-corrected chi connectivity index (χ1v) is 8.71. The molecular weight excluding hydrogens is 334 g/mol. The monoisotopic (exact) mass is 354 g/mol. The zero-order chi connectivity index (χ0) is 18.1. The Morgan fingerprint density at radius 2 is 1.58 bits per heavy atom. The molecule has 0 saturated carbocycles. The van der Waals surface area contributed by atoms with Gasteiger partial charge in [-0.1, -0.05) is 12.1 Å². The van der Waals surface area contributed by atoms with Crippen LogP contribution in [-0.2, 0) is 4.74 Å². The Balaban J connectivity index is 1.91. The summed E-state index contributed by atoms with van der Waals surface area (Å²) < 4.78 is 35.3. The molecular formula is C21H20F2N2O. The molecule has 0 atom stereocenters. The molecule has 2 aromatic carbocycles. The fraction of sp³-hybridized carbons (Fsp3) is 0.238. The molecule has 3 aromatic rings. The van der Waals surface area contributed by atoms with Crippen molar-refractivity contribution in [2.24, 2.45) is 0 Å². The van der Waals surface area contributed by atoms with Crippen LogP contribution in [0.1, 0.15) is 5.69 Å². The van der Waals surface area contributed by atoms with Crippen molar-refractivity contribution in [2.75, 3.05) is 31.2 Å². The Kier molecular flexibility index (Phi) is 4.47. The van der Waals surface area contributed by atoms with Crippen molar-refractivity contribution >= 4 is 5.69 Å². The van der Waals surface area contributed by atoms with E-state index in [4.69, 9.17) is 4.74 Å². The number of hydrogen-bond acceptors (Lipinski definition) is 2. The van der Waals surface area contributed by atoms with E-state index in [1.165, 1.54) is 18.2 Å². The van der Waals surface area contributed by atoms with Crippen molar-refractivity contribution in [3.8, 4) is 16.9 Å². The normalized spacial score (nSPS) is 14.7. The number of morpholine rings is 1. The summed E-state index contributed by atoms with van der Waals surface area (Å²) in [5.41, 5.74) is 4.18. The molecule has 1 fully saturated rings. The Morgan fingerprint density at radius 3 is 2.27 bits per heavy atom.